The van der Waals surface area contributed by atoms with Crippen molar-refractivity contribution in [3.05, 3.63) is 29.6 Å². The predicted molar refractivity (Wildman–Crippen MR) is 66.2 cm³/mol. The first kappa shape index (κ1) is 13.2. The summed E-state index contributed by atoms with van der Waals surface area (Å²) in [5.41, 5.74) is 1.72. The van der Waals surface area contributed by atoms with Gasteiger partial charge in [-0.25, -0.2) is 8.42 Å². The van der Waals surface area contributed by atoms with E-state index in [1.54, 1.807) is 26.1 Å². The molecule has 0 atom stereocenters. The van der Waals surface area contributed by atoms with E-state index in [2.05, 4.69) is 18.8 Å². The lowest BCUT2D eigenvalue weighted by atomic mass is 10.0. The zero-order valence-corrected chi connectivity index (χ0v) is 11.3. The second-order valence-electron chi connectivity index (χ2n) is 4.91. The Balaban J connectivity index is 3.17. The number of sulfone groups is 1. The van der Waals surface area contributed by atoms with Crippen molar-refractivity contribution >= 4 is 9.84 Å². The molecule has 0 spiro atoms. The van der Waals surface area contributed by atoms with E-state index in [0.29, 0.717) is 11.6 Å². The summed E-state index contributed by atoms with van der Waals surface area (Å²) >= 11 is 0. The summed E-state index contributed by atoms with van der Waals surface area (Å²) in [5.74, 6) is 0.405. The van der Waals surface area contributed by atoms with Crippen LogP contribution in [0.4, 0.5) is 0 Å². The summed E-state index contributed by atoms with van der Waals surface area (Å²) in [5, 5.41) is 0. The Morgan fingerprint density at radius 2 is 1.81 bits per heavy atom. The van der Waals surface area contributed by atoms with Gasteiger partial charge in [0.25, 0.3) is 0 Å². The normalized spacial score (nSPS) is 13.1. The van der Waals surface area contributed by atoms with E-state index in [1.165, 1.54) is 6.26 Å². The summed E-state index contributed by atoms with van der Waals surface area (Å²) < 4.78 is 22.3. The minimum absolute atomic E-state index is 0.405. The number of pyridine rings is 1. The van der Waals surface area contributed by atoms with Crippen LogP contribution in [0.25, 0.3) is 0 Å². The van der Waals surface area contributed by atoms with Crippen molar-refractivity contribution in [2.45, 2.75) is 38.4 Å². The Morgan fingerprint density at radius 1 is 1.25 bits per heavy atom. The molecule has 0 amide bonds. The van der Waals surface area contributed by atoms with Crippen LogP contribution in [0.3, 0.4) is 0 Å². The molecule has 90 valence electrons. The lowest BCUT2D eigenvalue weighted by molar-refractivity contribution is 0.556. The molecule has 0 unspecified atom stereocenters. The molecule has 0 saturated heterocycles. The molecule has 1 aromatic rings. The first-order valence-electron chi connectivity index (χ1n) is 5.32. The topological polar surface area (TPSA) is 47.0 Å². The van der Waals surface area contributed by atoms with Gasteiger partial charge in [0.05, 0.1) is 5.69 Å². The van der Waals surface area contributed by atoms with Gasteiger partial charge in [0.1, 0.15) is 4.75 Å². The van der Waals surface area contributed by atoms with Gasteiger partial charge < -0.3 is 0 Å². The van der Waals surface area contributed by atoms with E-state index in [4.69, 9.17) is 0 Å². The van der Waals surface area contributed by atoms with E-state index in [9.17, 15) is 8.42 Å². The highest BCUT2D eigenvalue weighted by Gasteiger charge is 2.33. The van der Waals surface area contributed by atoms with Crippen LogP contribution in [0, 0.1) is 0 Å². The third-order valence-electron chi connectivity index (χ3n) is 3.00. The zero-order chi connectivity index (χ0) is 12.6. The van der Waals surface area contributed by atoms with E-state index in [1.807, 2.05) is 6.07 Å². The average Bonchev–Trinajstić information content (AvgIpc) is 2.16. The quantitative estimate of drug-likeness (QED) is 0.816. The Hall–Kier alpha value is -0.900. The monoisotopic (exact) mass is 241 g/mol. The van der Waals surface area contributed by atoms with Crippen molar-refractivity contribution in [1.29, 1.82) is 0 Å². The highest BCUT2D eigenvalue weighted by atomic mass is 32.2. The first-order valence-corrected chi connectivity index (χ1v) is 7.21. The zero-order valence-electron chi connectivity index (χ0n) is 10.5. The fourth-order valence-electron chi connectivity index (χ4n) is 1.29. The SMILES string of the molecule is CC(C)c1ccc(C(C)(C)S(C)(=O)=O)nc1. The molecule has 16 heavy (non-hydrogen) atoms. The van der Waals surface area contributed by atoms with Crippen LogP contribution in [0.1, 0.15) is 44.9 Å². The molecule has 0 fully saturated rings. The van der Waals surface area contributed by atoms with E-state index >= 15 is 0 Å². The fourth-order valence-corrected chi connectivity index (χ4v) is 1.79. The molecule has 0 N–H and O–H groups in total. The van der Waals surface area contributed by atoms with E-state index < -0.39 is 14.6 Å². The van der Waals surface area contributed by atoms with Crippen LogP contribution in [-0.4, -0.2) is 19.7 Å². The lowest BCUT2D eigenvalue weighted by Gasteiger charge is -2.22. The van der Waals surface area contributed by atoms with Crippen LogP contribution >= 0.6 is 0 Å². The van der Waals surface area contributed by atoms with E-state index in [-0.39, 0.29) is 0 Å². The fraction of sp³-hybridized carbons (Fsp3) is 0.583. The Morgan fingerprint density at radius 3 is 2.12 bits per heavy atom. The second kappa shape index (κ2) is 4.17. The lowest BCUT2D eigenvalue weighted by Crippen LogP contribution is -2.29. The van der Waals surface area contributed by atoms with Crippen molar-refractivity contribution in [3.63, 3.8) is 0 Å². The second-order valence-corrected chi connectivity index (χ2v) is 7.48. The van der Waals surface area contributed by atoms with Crippen molar-refractivity contribution in [3.8, 4) is 0 Å². The molecule has 3 nitrogen and oxygen atoms in total. The number of rotatable bonds is 3. The summed E-state index contributed by atoms with van der Waals surface area (Å²) in [6.45, 7) is 7.52. The minimum Gasteiger partial charge on any atom is -0.259 e. The molecule has 0 aliphatic carbocycles. The van der Waals surface area contributed by atoms with Crippen LogP contribution < -0.4 is 0 Å². The summed E-state index contributed by atoms with van der Waals surface area (Å²) in [6.07, 6.45) is 3.00. The van der Waals surface area contributed by atoms with Gasteiger partial charge in [-0.3, -0.25) is 4.98 Å². The van der Waals surface area contributed by atoms with Crippen LogP contribution in [-0.2, 0) is 14.6 Å². The van der Waals surface area contributed by atoms with Crippen molar-refractivity contribution in [1.82, 2.24) is 4.98 Å². The van der Waals surface area contributed by atoms with Gasteiger partial charge in [-0.05, 0) is 31.4 Å². The molecule has 0 aromatic carbocycles. The molecule has 0 radical (unpaired) electrons. The third-order valence-corrected chi connectivity index (χ3v) is 5.06. The number of aromatic nitrogens is 1. The van der Waals surface area contributed by atoms with Gasteiger partial charge in [-0.1, -0.05) is 19.9 Å². The molecule has 1 rings (SSSR count). The molecule has 0 aliphatic rings. The molecule has 4 heteroatoms. The van der Waals surface area contributed by atoms with E-state index in [0.717, 1.165) is 5.56 Å². The average molecular weight is 241 g/mol. The number of nitrogens with zero attached hydrogens (tertiary/aromatic N) is 1. The summed E-state index contributed by atoms with van der Waals surface area (Å²) in [6, 6.07) is 3.75. The van der Waals surface area contributed by atoms with Gasteiger partial charge in [-0.15, -0.1) is 0 Å². The largest absolute Gasteiger partial charge is 0.259 e. The van der Waals surface area contributed by atoms with Crippen molar-refractivity contribution in [2.24, 2.45) is 0 Å². The molecule has 0 saturated carbocycles. The van der Waals surface area contributed by atoms with Crippen LogP contribution in [0.5, 0.6) is 0 Å². The standard InChI is InChI=1S/C12H19NO2S/c1-9(2)10-6-7-11(13-8-10)12(3,4)16(5,14)15/h6-9H,1-5H3. The molecular weight excluding hydrogens is 222 g/mol. The number of hydrogen-bond acceptors (Lipinski definition) is 3. The van der Waals surface area contributed by atoms with Gasteiger partial charge >= 0.3 is 0 Å². The van der Waals surface area contributed by atoms with Crippen LogP contribution in [0.15, 0.2) is 18.3 Å². The highest BCUT2D eigenvalue weighted by Crippen LogP contribution is 2.27. The molecule has 1 aromatic heterocycles. The first-order chi connectivity index (χ1) is 7.16. The smallest absolute Gasteiger partial charge is 0.158 e. The molecule has 0 aliphatic heterocycles. The van der Waals surface area contributed by atoms with Gasteiger partial charge in [-0.2, -0.15) is 0 Å². The minimum atomic E-state index is -3.15. The third kappa shape index (κ3) is 2.43. The van der Waals surface area contributed by atoms with Gasteiger partial charge in [0, 0.05) is 12.5 Å². The Labute approximate surface area is 97.8 Å². The molecule has 0 bridgehead atoms. The predicted octanol–water partition coefficient (Wildman–Crippen LogP) is 2.48. The molecule has 1 heterocycles. The summed E-state index contributed by atoms with van der Waals surface area (Å²) in [7, 11) is -3.15. The molecular formula is C12H19NO2S. The maximum atomic E-state index is 11.6. The maximum absolute atomic E-state index is 11.6. The van der Waals surface area contributed by atoms with Crippen molar-refractivity contribution in [2.75, 3.05) is 6.26 Å². The summed E-state index contributed by atoms with van der Waals surface area (Å²) in [4.78, 5) is 4.26. The maximum Gasteiger partial charge on any atom is 0.158 e. The Bertz CT molecular complexity index is 458. The number of hydrogen-bond donors (Lipinski definition) is 0. The van der Waals surface area contributed by atoms with Crippen LogP contribution in [0.2, 0.25) is 0 Å². The van der Waals surface area contributed by atoms with Gasteiger partial charge in [0.15, 0.2) is 9.84 Å². The van der Waals surface area contributed by atoms with Gasteiger partial charge in [0.2, 0.25) is 0 Å². The van der Waals surface area contributed by atoms with Crippen molar-refractivity contribution < 1.29 is 8.42 Å². The highest BCUT2D eigenvalue weighted by molar-refractivity contribution is 7.91. The Kier molecular flexibility index (Phi) is 3.43.